The van der Waals surface area contributed by atoms with Gasteiger partial charge in [-0.2, -0.15) is 0 Å². The lowest BCUT2D eigenvalue weighted by Crippen LogP contribution is -2.38. The number of thiazole rings is 1. The fraction of sp³-hybridized carbons (Fsp3) is 0.423. The van der Waals surface area contributed by atoms with Gasteiger partial charge in [0, 0.05) is 54.8 Å². The second kappa shape index (κ2) is 9.91. The Morgan fingerprint density at radius 1 is 1.15 bits per heavy atom. The SMILES string of the molecule is CCN(CC)c1ccc(-c2csc(C3CCN(C(=O)c4c(C)cc(=O)oc4C)CC3)n2)cc1. The quantitative estimate of drug-likeness (QED) is 0.498. The van der Waals surface area contributed by atoms with E-state index in [1.165, 1.54) is 11.8 Å². The number of hydrogen-bond donors (Lipinski definition) is 0. The fourth-order valence-corrected chi connectivity index (χ4v) is 5.60. The third kappa shape index (κ3) is 4.88. The number of carbonyl (C=O) groups excluding carboxylic acids is 1. The minimum atomic E-state index is -0.414. The molecule has 0 spiro atoms. The van der Waals surface area contributed by atoms with Crippen LogP contribution >= 0.6 is 11.3 Å². The minimum absolute atomic E-state index is 0.0553. The Kier molecular flexibility index (Phi) is 6.98. The number of amides is 1. The maximum atomic E-state index is 13.1. The minimum Gasteiger partial charge on any atom is -0.427 e. The molecule has 0 aliphatic carbocycles. The molecule has 1 aromatic carbocycles. The molecule has 4 rings (SSSR count). The smallest absolute Gasteiger partial charge is 0.336 e. The summed E-state index contributed by atoms with van der Waals surface area (Å²) in [5.74, 6) is 0.697. The van der Waals surface area contributed by atoms with Gasteiger partial charge in [-0.05, 0) is 58.2 Å². The Morgan fingerprint density at radius 3 is 2.42 bits per heavy atom. The lowest BCUT2D eigenvalue weighted by molar-refractivity contribution is 0.0708. The molecule has 1 aliphatic rings. The number of rotatable bonds is 6. The molecular weight excluding hydrogens is 434 g/mol. The van der Waals surface area contributed by atoms with Crippen molar-refractivity contribution in [2.45, 2.75) is 46.5 Å². The number of benzene rings is 1. The van der Waals surface area contributed by atoms with Crippen LogP contribution in [0.1, 0.15) is 59.3 Å². The number of likely N-dealkylation sites (tertiary alicyclic amines) is 1. The molecule has 3 aromatic rings. The normalized spacial score (nSPS) is 14.5. The van der Waals surface area contributed by atoms with Crippen LogP contribution in [0.2, 0.25) is 0 Å². The van der Waals surface area contributed by atoms with Crippen LogP contribution < -0.4 is 10.5 Å². The molecule has 0 atom stereocenters. The van der Waals surface area contributed by atoms with E-state index in [0.717, 1.165) is 42.2 Å². The van der Waals surface area contributed by atoms with E-state index in [1.54, 1.807) is 25.2 Å². The number of aryl methyl sites for hydroxylation is 2. The summed E-state index contributed by atoms with van der Waals surface area (Å²) in [6.07, 6.45) is 1.77. The lowest BCUT2D eigenvalue weighted by atomic mass is 9.96. The molecule has 1 saturated heterocycles. The van der Waals surface area contributed by atoms with Crippen molar-refractivity contribution >= 4 is 22.9 Å². The standard InChI is InChI=1S/C26H31N3O3S/c1-5-28(6-2)21-9-7-19(8-10-21)22-16-33-25(27-22)20-11-13-29(14-12-20)26(31)24-17(3)15-23(30)32-18(24)4/h7-10,15-16,20H,5-6,11-14H2,1-4H3. The highest BCUT2D eigenvalue weighted by atomic mass is 32.1. The summed E-state index contributed by atoms with van der Waals surface area (Å²) in [6.45, 7) is 11.1. The van der Waals surface area contributed by atoms with Crippen LogP contribution in [-0.4, -0.2) is 42.0 Å². The second-order valence-corrected chi connectivity index (χ2v) is 9.43. The van der Waals surface area contributed by atoms with Gasteiger partial charge in [0.25, 0.3) is 5.91 Å². The first-order valence-corrected chi connectivity index (χ1v) is 12.5. The molecule has 0 unspecified atom stereocenters. The van der Waals surface area contributed by atoms with Gasteiger partial charge in [0.15, 0.2) is 0 Å². The summed E-state index contributed by atoms with van der Waals surface area (Å²) < 4.78 is 5.16. The first kappa shape index (κ1) is 23.2. The van der Waals surface area contributed by atoms with Gasteiger partial charge in [-0.1, -0.05) is 12.1 Å². The molecule has 0 N–H and O–H groups in total. The van der Waals surface area contributed by atoms with E-state index >= 15 is 0 Å². The van der Waals surface area contributed by atoms with E-state index in [2.05, 4.69) is 48.4 Å². The summed E-state index contributed by atoms with van der Waals surface area (Å²) in [5.41, 5.74) is 4.16. The van der Waals surface area contributed by atoms with Gasteiger partial charge in [-0.3, -0.25) is 4.79 Å². The molecule has 174 valence electrons. The van der Waals surface area contributed by atoms with E-state index in [4.69, 9.17) is 9.40 Å². The third-order valence-electron chi connectivity index (χ3n) is 6.49. The predicted molar refractivity (Wildman–Crippen MR) is 133 cm³/mol. The Bertz CT molecular complexity index is 1140. The van der Waals surface area contributed by atoms with Crippen LogP contribution in [0.25, 0.3) is 11.3 Å². The average Bonchev–Trinajstić information content (AvgIpc) is 3.30. The first-order chi connectivity index (χ1) is 15.9. The van der Waals surface area contributed by atoms with Gasteiger partial charge in [-0.25, -0.2) is 9.78 Å². The molecule has 1 fully saturated rings. The zero-order chi connectivity index (χ0) is 23.5. The van der Waals surface area contributed by atoms with Crippen molar-refractivity contribution < 1.29 is 9.21 Å². The maximum Gasteiger partial charge on any atom is 0.336 e. The fourth-order valence-electron chi connectivity index (χ4n) is 4.60. The molecule has 1 aliphatic heterocycles. The molecule has 0 saturated carbocycles. The van der Waals surface area contributed by atoms with Crippen LogP contribution in [0.15, 0.2) is 44.9 Å². The number of anilines is 1. The van der Waals surface area contributed by atoms with Crippen molar-refractivity contribution in [3.05, 3.63) is 68.0 Å². The molecule has 7 heteroatoms. The summed E-state index contributed by atoms with van der Waals surface area (Å²) in [6, 6.07) is 10.0. The van der Waals surface area contributed by atoms with Crippen LogP contribution in [0.4, 0.5) is 5.69 Å². The van der Waals surface area contributed by atoms with Crippen LogP contribution in [0.3, 0.4) is 0 Å². The van der Waals surface area contributed by atoms with Crippen molar-refractivity contribution in [3.8, 4) is 11.3 Å². The highest BCUT2D eigenvalue weighted by Gasteiger charge is 2.28. The Labute approximate surface area is 198 Å². The van der Waals surface area contributed by atoms with Crippen molar-refractivity contribution in [3.63, 3.8) is 0 Å². The van der Waals surface area contributed by atoms with E-state index in [-0.39, 0.29) is 5.91 Å². The monoisotopic (exact) mass is 465 g/mol. The zero-order valence-electron chi connectivity index (χ0n) is 19.8. The molecule has 3 heterocycles. The molecular formula is C26H31N3O3S. The van der Waals surface area contributed by atoms with Gasteiger partial charge in [0.1, 0.15) is 5.76 Å². The van der Waals surface area contributed by atoms with E-state index < -0.39 is 5.63 Å². The predicted octanol–water partition coefficient (Wildman–Crippen LogP) is 5.25. The second-order valence-electron chi connectivity index (χ2n) is 8.54. The lowest BCUT2D eigenvalue weighted by Gasteiger charge is -2.31. The maximum absolute atomic E-state index is 13.1. The summed E-state index contributed by atoms with van der Waals surface area (Å²) >= 11 is 1.71. The van der Waals surface area contributed by atoms with Gasteiger partial charge in [0.2, 0.25) is 0 Å². The van der Waals surface area contributed by atoms with Gasteiger partial charge < -0.3 is 14.2 Å². The van der Waals surface area contributed by atoms with Crippen LogP contribution in [0, 0.1) is 13.8 Å². The number of nitrogens with zero attached hydrogens (tertiary/aromatic N) is 3. The number of piperidine rings is 1. The van der Waals surface area contributed by atoms with Crippen molar-refractivity contribution in [1.82, 2.24) is 9.88 Å². The van der Waals surface area contributed by atoms with Crippen molar-refractivity contribution in [1.29, 1.82) is 0 Å². The molecule has 1 amide bonds. The van der Waals surface area contributed by atoms with E-state index in [9.17, 15) is 9.59 Å². The molecule has 6 nitrogen and oxygen atoms in total. The molecule has 33 heavy (non-hydrogen) atoms. The molecule has 0 bridgehead atoms. The largest absolute Gasteiger partial charge is 0.427 e. The zero-order valence-corrected chi connectivity index (χ0v) is 20.6. The third-order valence-corrected chi connectivity index (χ3v) is 7.50. The Hall–Kier alpha value is -2.93. The van der Waals surface area contributed by atoms with E-state index in [1.807, 2.05) is 4.90 Å². The topological polar surface area (TPSA) is 66.7 Å². The van der Waals surface area contributed by atoms with Gasteiger partial charge in [-0.15, -0.1) is 11.3 Å². The Morgan fingerprint density at radius 2 is 1.82 bits per heavy atom. The van der Waals surface area contributed by atoms with E-state index in [0.29, 0.717) is 35.9 Å². The molecule has 0 radical (unpaired) electrons. The van der Waals surface area contributed by atoms with Gasteiger partial charge in [0.05, 0.1) is 16.3 Å². The van der Waals surface area contributed by atoms with Crippen molar-refractivity contribution in [2.24, 2.45) is 0 Å². The number of hydrogen-bond acceptors (Lipinski definition) is 6. The summed E-state index contributed by atoms with van der Waals surface area (Å²) in [7, 11) is 0. The van der Waals surface area contributed by atoms with Crippen LogP contribution in [0.5, 0.6) is 0 Å². The van der Waals surface area contributed by atoms with Gasteiger partial charge >= 0.3 is 5.63 Å². The highest BCUT2D eigenvalue weighted by Crippen LogP contribution is 2.34. The van der Waals surface area contributed by atoms with Crippen molar-refractivity contribution in [2.75, 3.05) is 31.1 Å². The molecule has 2 aromatic heterocycles. The Balaban J connectivity index is 1.41. The van der Waals surface area contributed by atoms with Crippen LogP contribution in [-0.2, 0) is 0 Å². The highest BCUT2D eigenvalue weighted by molar-refractivity contribution is 7.10. The number of aromatic nitrogens is 1. The average molecular weight is 466 g/mol. The summed E-state index contributed by atoms with van der Waals surface area (Å²) in [4.78, 5) is 33.7. The summed E-state index contributed by atoms with van der Waals surface area (Å²) in [5, 5.41) is 3.28. The number of carbonyl (C=O) groups is 1. The first-order valence-electron chi connectivity index (χ1n) is 11.6.